The summed E-state index contributed by atoms with van der Waals surface area (Å²) in [6.45, 7) is 9.00. The van der Waals surface area contributed by atoms with Gasteiger partial charge in [-0.05, 0) is 43.1 Å². The average Bonchev–Trinajstić information content (AvgIpc) is 2.66. The molecule has 0 fully saturated rings. The van der Waals surface area contributed by atoms with Crippen molar-refractivity contribution in [3.05, 3.63) is 21.6 Å². The van der Waals surface area contributed by atoms with Crippen molar-refractivity contribution in [3.63, 3.8) is 0 Å². The molecule has 0 bridgehead atoms. The molecule has 0 unspecified atom stereocenters. The zero-order chi connectivity index (χ0) is 14.9. The first kappa shape index (κ1) is 15.0. The molecule has 0 atom stereocenters. The van der Waals surface area contributed by atoms with E-state index in [1.807, 2.05) is 25.6 Å². The Kier molecular flexibility index (Phi) is 4.42. The van der Waals surface area contributed by atoms with Gasteiger partial charge in [-0.1, -0.05) is 6.92 Å². The quantitative estimate of drug-likeness (QED) is 0.930. The molecule has 0 amide bonds. The van der Waals surface area contributed by atoms with Gasteiger partial charge in [-0.2, -0.15) is 5.10 Å². The second-order valence-corrected chi connectivity index (χ2v) is 5.50. The summed E-state index contributed by atoms with van der Waals surface area (Å²) in [5.41, 5.74) is 4.06. The highest BCUT2D eigenvalue weighted by Crippen LogP contribution is 2.30. The topological polar surface area (TPSA) is 55.6 Å². The van der Waals surface area contributed by atoms with Gasteiger partial charge in [0.05, 0.1) is 21.4 Å². The molecule has 0 aliphatic rings. The SMILES string of the molecule is CCNc1nc(-c2c(C)nn(C)c2C)nc(CC)c1Br. The van der Waals surface area contributed by atoms with E-state index in [1.165, 1.54) is 0 Å². The second-order valence-electron chi connectivity index (χ2n) is 4.71. The Hall–Kier alpha value is -1.43. The lowest BCUT2D eigenvalue weighted by molar-refractivity contribution is 0.731. The fourth-order valence-corrected chi connectivity index (χ4v) is 2.82. The lowest BCUT2D eigenvalue weighted by Gasteiger charge is -2.11. The van der Waals surface area contributed by atoms with Crippen LogP contribution >= 0.6 is 15.9 Å². The van der Waals surface area contributed by atoms with E-state index in [0.29, 0.717) is 0 Å². The number of hydrogen-bond acceptors (Lipinski definition) is 4. The first-order valence-electron chi connectivity index (χ1n) is 6.80. The Morgan fingerprint density at radius 2 is 1.90 bits per heavy atom. The molecule has 20 heavy (non-hydrogen) atoms. The van der Waals surface area contributed by atoms with E-state index in [9.17, 15) is 0 Å². The van der Waals surface area contributed by atoms with Gasteiger partial charge in [0.15, 0.2) is 5.82 Å². The van der Waals surface area contributed by atoms with Gasteiger partial charge in [-0.15, -0.1) is 0 Å². The molecule has 0 spiro atoms. The molecule has 0 aliphatic carbocycles. The van der Waals surface area contributed by atoms with Crippen LogP contribution in [0.1, 0.15) is 30.9 Å². The standard InChI is InChI=1S/C14H20BrN5/c1-6-10-12(15)14(16-7-2)18-13(17-10)11-8(3)19-20(5)9(11)4/h6-7H2,1-5H3,(H,16,17,18). The van der Waals surface area contributed by atoms with E-state index < -0.39 is 0 Å². The lowest BCUT2D eigenvalue weighted by atomic mass is 10.1. The number of rotatable bonds is 4. The normalized spacial score (nSPS) is 10.9. The van der Waals surface area contributed by atoms with Crippen LogP contribution in [0.15, 0.2) is 4.47 Å². The Morgan fingerprint density at radius 1 is 1.20 bits per heavy atom. The fourth-order valence-electron chi connectivity index (χ4n) is 2.22. The van der Waals surface area contributed by atoms with Gasteiger partial charge in [-0.3, -0.25) is 4.68 Å². The second kappa shape index (κ2) is 5.91. The monoisotopic (exact) mass is 337 g/mol. The van der Waals surface area contributed by atoms with Crippen molar-refractivity contribution in [2.45, 2.75) is 34.1 Å². The van der Waals surface area contributed by atoms with Crippen LogP contribution < -0.4 is 5.32 Å². The van der Waals surface area contributed by atoms with Crippen LogP contribution in [0.3, 0.4) is 0 Å². The van der Waals surface area contributed by atoms with Crippen molar-refractivity contribution >= 4 is 21.7 Å². The van der Waals surface area contributed by atoms with Crippen molar-refractivity contribution in [1.82, 2.24) is 19.7 Å². The molecule has 108 valence electrons. The highest BCUT2D eigenvalue weighted by atomic mass is 79.9. The van der Waals surface area contributed by atoms with E-state index in [0.717, 1.165) is 51.7 Å². The summed E-state index contributed by atoms with van der Waals surface area (Å²) in [5.74, 6) is 1.58. The van der Waals surface area contributed by atoms with Gasteiger partial charge in [0.2, 0.25) is 0 Å². The molecule has 1 N–H and O–H groups in total. The Morgan fingerprint density at radius 3 is 2.40 bits per heavy atom. The first-order valence-corrected chi connectivity index (χ1v) is 7.59. The van der Waals surface area contributed by atoms with Crippen LogP contribution in [0, 0.1) is 13.8 Å². The van der Waals surface area contributed by atoms with E-state index in [2.05, 4.69) is 50.2 Å². The number of aryl methyl sites for hydroxylation is 3. The van der Waals surface area contributed by atoms with Gasteiger partial charge >= 0.3 is 0 Å². The van der Waals surface area contributed by atoms with Gasteiger partial charge in [0.1, 0.15) is 5.82 Å². The largest absolute Gasteiger partial charge is 0.369 e. The minimum atomic E-state index is 0.740. The Bertz CT molecular complexity index is 633. The van der Waals surface area contributed by atoms with Crippen LogP contribution in [0.25, 0.3) is 11.4 Å². The number of hydrogen-bond donors (Lipinski definition) is 1. The molecular weight excluding hydrogens is 318 g/mol. The van der Waals surface area contributed by atoms with Gasteiger partial charge in [-0.25, -0.2) is 9.97 Å². The number of nitrogens with one attached hydrogen (secondary N) is 1. The van der Waals surface area contributed by atoms with Crippen LogP contribution in [0.5, 0.6) is 0 Å². The van der Waals surface area contributed by atoms with Crippen LogP contribution in [0.4, 0.5) is 5.82 Å². The third-order valence-electron chi connectivity index (χ3n) is 3.33. The molecule has 0 radical (unpaired) electrons. The molecule has 0 aliphatic heterocycles. The molecule has 6 heteroatoms. The Labute approximate surface area is 128 Å². The zero-order valence-corrected chi connectivity index (χ0v) is 14.2. The zero-order valence-electron chi connectivity index (χ0n) is 12.6. The summed E-state index contributed by atoms with van der Waals surface area (Å²) in [4.78, 5) is 9.34. The Balaban J connectivity index is 2.65. The number of halogens is 1. The summed E-state index contributed by atoms with van der Waals surface area (Å²) >= 11 is 3.58. The third kappa shape index (κ3) is 2.57. The van der Waals surface area contributed by atoms with E-state index in [-0.39, 0.29) is 0 Å². The predicted octanol–water partition coefficient (Wildman–Crippen LogP) is 3.25. The molecule has 2 rings (SSSR count). The molecular formula is C14H20BrN5. The summed E-state index contributed by atoms with van der Waals surface area (Å²) in [5, 5.41) is 7.73. The summed E-state index contributed by atoms with van der Waals surface area (Å²) in [6, 6.07) is 0. The first-order chi connectivity index (χ1) is 9.49. The van der Waals surface area contributed by atoms with Crippen molar-refractivity contribution in [3.8, 4) is 11.4 Å². The molecule has 0 saturated carbocycles. The molecule has 2 aromatic rings. The van der Waals surface area contributed by atoms with Crippen molar-refractivity contribution in [1.29, 1.82) is 0 Å². The van der Waals surface area contributed by atoms with E-state index in [4.69, 9.17) is 0 Å². The average molecular weight is 338 g/mol. The van der Waals surface area contributed by atoms with Crippen LogP contribution in [0.2, 0.25) is 0 Å². The van der Waals surface area contributed by atoms with Crippen LogP contribution in [-0.2, 0) is 13.5 Å². The predicted molar refractivity (Wildman–Crippen MR) is 84.9 cm³/mol. The number of nitrogens with zero attached hydrogens (tertiary/aromatic N) is 4. The maximum Gasteiger partial charge on any atom is 0.165 e. The van der Waals surface area contributed by atoms with Crippen LogP contribution in [-0.4, -0.2) is 26.3 Å². The summed E-state index contributed by atoms with van der Waals surface area (Å²) in [6.07, 6.45) is 0.854. The molecule has 2 aromatic heterocycles. The number of aromatic nitrogens is 4. The molecule has 0 saturated heterocycles. The van der Waals surface area contributed by atoms with Gasteiger partial charge in [0.25, 0.3) is 0 Å². The number of anilines is 1. The maximum absolute atomic E-state index is 4.69. The van der Waals surface area contributed by atoms with E-state index >= 15 is 0 Å². The van der Waals surface area contributed by atoms with Crippen molar-refractivity contribution < 1.29 is 0 Å². The fraction of sp³-hybridized carbons (Fsp3) is 0.500. The lowest BCUT2D eigenvalue weighted by Crippen LogP contribution is -2.06. The highest BCUT2D eigenvalue weighted by Gasteiger charge is 2.18. The maximum atomic E-state index is 4.69. The van der Waals surface area contributed by atoms with Crippen molar-refractivity contribution in [2.24, 2.45) is 7.05 Å². The third-order valence-corrected chi connectivity index (χ3v) is 4.16. The van der Waals surface area contributed by atoms with Gasteiger partial charge < -0.3 is 5.32 Å². The molecule has 2 heterocycles. The van der Waals surface area contributed by atoms with Gasteiger partial charge in [0, 0.05) is 19.3 Å². The van der Waals surface area contributed by atoms with Crippen molar-refractivity contribution in [2.75, 3.05) is 11.9 Å². The molecule has 0 aromatic carbocycles. The van der Waals surface area contributed by atoms with E-state index in [1.54, 1.807) is 0 Å². The highest BCUT2D eigenvalue weighted by molar-refractivity contribution is 9.10. The minimum Gasteiger partial charge on any atom is -0.369 e. The summed E-state index contributed by atoms with van der Waals surface area (Å²) in [7, 11) is 1.94. The molecule has 5 nitrogen and oxygen atoms in total. The summed E-state index contributed by atoms with van der Waals surface area (Å²) < 4.78 is 2.82. The minimum absolute atomic E-state index is 0.740. The smallest absolute Gasteiger partial charge is 0.165 e.